The summed E-state index contributed by atoms with van der Waals surface area (Å²) in [6.07, 6.45) is 6.19. The maximum atomic E-state index is 12.7. The first-order chi connectivity index (χ1) is 12.7. The van der Waals surface area contributed by atoms with Crippen molar-refractivity contribution in [2.75, 3.05) is 0 Å². The van der Waals surface area contributed by atoms with Crippen molar-refractivity contribution in [3.63, 3.8) is 0 Å². The molecule has 0 atom stereocenters. The summed E-state index contributed by atoms with van der Waals surface area (Å²) in [5.74, 6) is 3.52. The highest BCUT2D eigenvalue weighted by Crippen LogP contribution is 2.56. The predicted molar refractivity (Wildman–Crippen MR) is 95.1 cm³/mol. The van der Waals surface area contributed by atoms with E-state index in [-0.39, 0.29) is 18.5 Å². The Morgan fingerprint density at radius 3 is 2.38 bits per heavy atom. The Bertz CT molecular complexity index is 789. The van der Waals surface area contributed by atoms with Gasteiger partial charge < -0.3 is 9.26 Å². The number of benzene rings is 1. The van der Waals surface area contributed by atoms with Crippen LogP contribution in [0.1, 0.15) is 38.0 Å². The fraction of sp³-hybridized carbons (Fsp3) is 0.550. The smallest absolute Gasteiger partial charge is 0.310 e. The van der Waals surface area contributed by atoms with Crippen LogP contribution in [0.15, 0.2) is 28.8 Å². The minimum atomic E-state index is -0.0787. The van der Waals surface area contributed by atoms with E-state index in [1.54, 1.807) is 12.1 Å². The van der Waals surface area contributed by atoms with Crippen LogP contribution in [0.2, 0.25) is 5.02 Å². The van der Waals surface area contributed by atoms with Gasteiger partial charge in [-0.25, -0.2) is 0 Å². The first-order valence-electron chi connectivity index (χ1n) is 9.41. The van der Waals surface area contributed by atoms with Crippen molar-refractivity contribution in [3.8, 4) is 11.4 Å². The molecule has 2 aromatic rings. The van der Waals surface area contributed by atoms with Gasteiger partial charge in [0.2, 0.25) is 5.82 Å². The Morgan fingerprint density at radius 1 is 1.08 bits per heavy atom. The summed E-state index contributed by atoms with van der Waals surface area (Å²) in [5.41, 5.74) is 0.816. The van der Waals surface area contributed by atoms with E-state index in [4.69, 9.17) is 20.9 Å². The number of halogens is 1. The maximum absolute atomic E-state index is 12.7. The van der Waals surface area contributed by atoms with Crippen molar-refractivity contribution in [2.45, 2.75) is 38.7 Å². The zero-order valence-electron chi connectivity index (χ0n) is 14.4. The molecule has 1 aromatic heterocycles. The van der Waals surface area contributed by atoms with Gasteiger partial charge in [0.15, 0.2) is 6.61 Å². The molecule has 4 bridgehead atoms. The van der Waals surface area contributed by atoms with Crippen LogP contribution in [0.5, 0.6) is 0 Å². The van der Waals surface area contributed by atoms with E-state index < -0.39 is 0 Å². The third-order valence-corrected chi connectivity index (χ3v) is 6.66. The summed E-state index contributed by atoms with van der Waals surface area (Å²) in [6.45, 7) is 0.0439. The number of aromatic nitrogens is 2. The molecule has 136 valence electrons. The molecule has 0 amide bonds. The van der Waals surface area contributed by atoms with Crippen molar-refractivity contribution in [2.24, 2.45) is 29.6 Å². The molecule has 4 aliphatic rings. The molecule has 0 radical (unpaired) electrons. The monoisotopic (exact) mass is 372 g/mol. The second-order valence-corrected chi connectivity index (χ2v) is 8.52. The van der Waals surface area contributed by atoms with Crippen molar-refractivity contribution >= 4 is 17.6 Å². The van der Waals surface area contributed by atoms with Gasteiger partial charge in [-0.15, -0.1) is 0 Å². The number of esters is 1. The quantitative estimate of drug-likeness (QED) is 0.739. The lowest BCUT2D eigenvalue weighted by molar-refractivity contribution is -0.164. The van der Waals surface area contributed by atoms with Gasteiger partial charge in [-0.2, -0.15) is 4.98 Å². The van der Waals surface area contributed by atoms with Gasteiger partial charge >= 0.3 is 5.97 Å². The van der Waals surface area contributed by atoms with Gasteiger partial charge in [-0.1, -0.05) is 16.8 Å². The number of rotatable bonds is 4. The van der Waals surface area contributed by atoms with Crippen LogP contribution in [0, 0.1) is 29.6 Å². The van der Waals surface area contributed by atoms with Crippen LogP contribution in [0.4, 0.5) is 0 Å². The Hall–Kier alpha value is -1.88. The predicted octanol–water partition coefficient (Wildman–Crippen LogP) is 4.51. The van der Waals surface area contributed by atoms with Crippen molar-refractivity contribution in [1.29, 1.82) is 0 Å². The average Bonchev–Trinajstić information content (AvgIpc) is 3.08. The van der Waals surface area contributed by atoms with Gasteiger partial charge in [-0.05, 0) is 80.0 Å². The molecule has 6 heteroatoms. The molecule has 0 spiro atoms. The van der Waals surface area contributed by atoms with E-state index in [1.165, 1.54) is 32.1 Å². The van der Waals surface area contributed by atoms with E-state index in [9.17, 15) is 4.79 Å². The van der Waals surface area contributed by atoms with Crippen LogP contribution in [-0.2, 0) is 16.1 Å². The highest BCUT2D eigenvalue weighted by atomic mass is 35.5. The second kappa shape index (κ2) is 6.38. The van der Waals surface area contributed by atoms with Crippen molar-refractivity contribution in [1.82, 2.24) is 10.1 Å². The number of hydrogen-bond donors (Lipinski definition) is 0. The summed E-state index contributed by atoms with van der Waals surface area (Å²) in [7, 11) is 0. The van der Waals surface area contributed by atoms with Crippen molar-refractivity contribution < 1.29 is 14.1 Å². The molecular formula is C20H21ClN2O3. The molecule has 0 unspecified atom stereocenters. The molecule has 6 rings (SSSR count). The third kappa shape index (κ3) is 2.92. The molecule has 0 N–H and O–H groups in total. The Labute approximate surface area is 157 Å². The molecule has 4 aliphatic carbocycles. The first-order valence-corrected chi connectivity index (χ1v) is 9.78. The van der Waals surface area contributed by atoms with Crippen LogP contribution in [0.25, 0.3) is 11.4 Å². The fourth-order valence-corrected chi connectivity index (χ4v) is 5.69. The Kier molecular flexibility index (Phi) is 4.00. The number of carbonyl (C=O) groups excluding carboxylic acids is 1. The molecule has 4 saturated carbocycles. The highest BCUT2D eigenvalue weighted by Gasteiger charge is 2.51. The largest absolute Gasteiger partial charge is 0.455 e. The van der Waals surface area contributed by atoms with E-state index in [1.807, 2.05) is 12.1 Å². The number of ether oxygens (including phenoxy) is 1. The van der Waals surface area contributed by atoms with E-state index in [2.05, 4.69) is 10.1 Å². The lowest BCUT2D eigenvalue weighted by atomic mass is 9.52. The Morgan fingerprint density at radius 2 is 1.73 bits per heavy atom. The molecule has 26 heavy (non-hydrogen) atoms. The minimum Gasteiger partial charge on any atom is -0.455 e. The maximum Gasteiger partial charge on any atom is 0.310 e. The van der Waals surface area contributed by atoms with E-state index in [0.29, 0.717) is 28.6 Å². The fourth-order valence-electron chi connectivity index (χ4n) is 5.57. The topological polar surface area (TPSA) is 65.2 Å². The second-order valence-electron chi connectivity index (χ2n) is 8.08. The molecule has 4 fully saturated rings. The van der Waals surface area contributed by atoms with E-state index >= 15 is 0 Å². The summed E-state index contributed by atoms with van der Waals surface area (Å²) >= 11 is 5.89. The van der Waals surface area contributed by atoms with Crippen LogP contribution >= 0.6 is 11.6 Å². The van der Waals surface area contributed by atoms with Crippen LogP contribution < -0.4 is 0 Å². The molecule has 0 saturated heterocycles. The van der Waals surface area contributed by atoms with Crippen molar-refractivity contribution in [3.05, 3.63) is 35.2 Å². The standard InChI is InChI=1S/C20H21ClN2O3/c21-16-3-1-13(2-4-16)19-22-17(26-23-19)10-25-20(24)18-14-6-11-5-12(8-14)9-15(18)7-11/h1-4,11-12,14-15,18H,5-10H2. The molecule has 5 nitrogen and oxygen atoms in total. The average molecular weight is 373 g/mol. The third-order valence-electron chi connectivity index (χ3n) is 6.41. The number of nitrogens with zero attached hydrogens (tertiary/aromatic N) is 2. The number of carbonyl (C=O) groups is 1. The van der Waals surface area contributed by atoms with Gasteiger partial charge in [0.25, 0.3) is 5.89 Å². The SMILES string of the molecule is O=C(OCc1nc(-c2ccc(Cl)cc2)no1)C1C2CC3CC(C2)CC1C3. The number of hydrogen-bond acceptors (Lipinski definition) is 5. The summed E-state index contributed by atoms with van der Waals surface area (Å²) < 4.78 is 10.8. The highest BCUT2D eigenvalue weighted by molar-refractivity contribution is 6.30. The lowest BCUT2D eigenvalue weighted by Crippen LogP contribution is -2.48. The molecule has 1 heterocycles. The van der Waals surface area contributed by atoms with Gasteiger partial charge in [0.05, 0.1) is 5.92 Å². The molecular weight excluding hydrogens is 352 g/mol. The van der Waals surface area contributed by atoms with Gasteiger partial charge in [0, 0.05) is 10.6 Å². The Balaban J connectivity index is 1.23. The summed E-state index contributed by atoms with van der Waals surface area (Å²) in [6, 6.07) is 7.22. The van der Waals surface area contributed by atoms with Crippen LogP contribution in [-0.4, -0.2) is 16.1 Å². The lowest BCUT2D eigenvalue weighted by Gasteiger charge is -2.53. The normalized spacial score (nSPS) is 32.0. The zero-order chi connectivity index (χ0) is 17.7. The zero-order valence-corrected chi connectivity index (χ0v) is 15.2. The molecule has 0 aliphatic heterocycles. The van der Waals surface area contributed by atoms with Gasteiger partial charge in [-0.3, -0.25) is 4.79 Å². The molecule has 1 aromatic carbocycles. The first kappa shape index (κ1) is 16.3. The summed E-state index contributed by atoms with van der Waals surface area (Å²) in [5, 5.41) is 4.61. The summed E-state index contributed by atoms with van der Waals surface area (Å²) in [4.78, 5) is 17.0. The van der Waals surface area contributed by atoms with E-state index in [0.717, 1.165) is 17.4 Å². The van der Waals surface area contributed by atoms with Gasteiger partial charge in [0.1, 0.15) is 0 Å². The minimum absolute atomic E-state index is 0.0439. The van der Waals surface area contributed by atoms with Crippen LogP contribution in [0.3, 0.4) is 0 Å².